The van der Waals surface area contributed by atoms with Crippen molar-refractivity contribution >= 4 is 34.5 Å². The predicted molar refractivity (Wildman–Crippen MR) is 106 cm³/mol. The Balaban J connectivity index is 1.83. The second-order valence-corrected chi connectivity index (χ2v) is 7.60. The van der Waals surface area contributed by atoms with Gasteiger partial charge in [0.25, 0.3) is 5.56 Å². The third-order valence-electron chi connectivity index (χ3n) is 4.75. The fourth-order valence-corrected chi connectivity index (χ4v) is 4.33. The molecule has 2 aromatic rings. The number of thioether (sulfide) groups is 1. The molecule has 0 saturated carbocycles. The molecule has 0 unspecified atom stereocenters. The summed E-state index contributed by atoms with van der Waals surface area (Å²) in [5.74, 6) is -0.480. The first kappa shape index (κ1) is 19.4. The minimum atomic E-state index is -0.533. The smallest absolute Gasteiger partial charge is 0.262 e. The number of fused-ring (bicyclic) bond motifs is 1. The van der Waals surface area contributed by atoms with Crippen LogP contribution in [0, 0.1) is 0 Å². The molecule has 0 bridgehead atoms. The average molecular weight is 388 g/mol. The quantitative estimate of drug-likeness (QED) is 0.601. The van der Waals surface area contributed by atoms with E-state index in [-0.39, 0.29) is 17.2 Å². The van der Waals surface area contributed by atoms with Crippen molar-refractivity contribution in [3.05, 3.63) is 34.6 Å². The van der Waals surface area contributed by atoms with E-state index in [1.165, 1.54) is 11.8 Å². The molecule has 144 valence electrons. The van der Waals surface area contributed by atoms with Crippen LogP contribution in [0.15, 0.2) is 34.2 Å². The monoisotopic (exact) mass is 388 g/mol. The zero-order valence-corrected chi connectivity index (χ0v) is 16.2. The van der Waals surface area contributed by atoms with Crippen LogP contribution in [0.5, 0.6) is 0 Å². The standard InChI is InChI=1S/C19H24N4O3S/c1-2-10-23-18(26)13-7-3-4-8-14(13)21-19(23)27-12-16(24)22-11-6-5-9-15(22)17(20)25/h3-4,7-8,15H,2,5-6,9-12H2,1H3,(H2,20,25)/t15-/m0/s1. The Morgan fingerprint density at radius 2 is 2.07 bits per heavy atom. The number of carbonyl (C=O) groups excluding carboxylic acids is 2. The van der Waals surface area contributed by atoms with E-state index in [2.05, 4.69) is 4.98 Å². The van der Waals surface area contributed by atoms with E-state index in [4.69, 9.17) is 5.73 Å². The van der Waals surface area contributed by atoms with Crippen LogP contribution in [-0.4, -0.2) is 44.6 Å². The van der Waals surface area contributed by atoms with Crippen LogP contribution in [0.4, 0.5) is 0 Å². The van der Waals surface area contributed by atoms with Gasteiger partial charge >= 0.3 is 0 Å². The number of piperidine rings is 1. The van der Waals surface area contributed by atoms with E-state index in [1.54, 1.807) is 21.6 Å². The van der Waals surface area contributed by atoms with Gasteiger partial charge in [0, 0.05) is 13.1 Å². The summed E-state index contributed by atoms with van der Waals surface area (Å²) in [6.45, 7) is 3.08. The third-order valence-corrected chi connectivity index (χ3v) is 5.71. The van der Waals surface area contributed by atoms with Crippen molar-refractivity contribution in [3.8, 4) is 0 Å². The lowest BCUT2D eigenvalue weighted by Crippen LogP contribution is -2.51. The SMILES string of the molecule is CCCn1c(SCC(=O)N2CCCC[C@H]2C(N)=O)nc2ccccc2c1=O. The van der Waals surface area contributed by atoms with Crippen molar-refractivity contribution in [1.82, 2.24) is 14.5 Å². The molecule has 2 heterocycles. The number of nitrogens with two attached hydrogens (primary N) is 1. The zero-order valence-electron chi connectivity index (χ0n) is 15.4. The minimum Gasteiger partial charge on any atom is -0.368 e. The Morgan fingerprint density at radius 3 is 2.81 bits per heavy atom. The molecule has 1 fully saturated rings. The van der Waals surface area contributed by atoms with Gasteiger partial charge in [-0.15, -0.1) is 0 Å². The van der Waals surface area contributed by atoms with Gasteiger partial charge in [0.2, 0.25) is 11.8 Å². The van der Waals surface area contributed by atoms with E-state index in [0.29, 0.717) is 35.6 Å². The molecule has 7 nitrogen and oxygen atoms in total. The summed E-state index contributed by atoms with van der Waals surface area (Å²) in [4.78, 5) is 43.3. The van der Waals surface area contributed by atoms with Crippen LogP contribution >= 0.6 is 11.8 Å². The van der Waals surface area contributed by atoms with E-state index in [0.717, 1.165) is 19.3 Å². The molecule has 2 N–H and O–H groups in total. The summed E-state index contributed by atoms with van der Waals surface area (Å²) < 4.78 is 1.63. The molecule has 1 aliphatic heterocycles. The van der Waals surface area contributed by atoms with Crippen molar-refractivity contribution in [1.29, 1.82) is 0 Å². The number of hydrogen-bond acceptors (Lipinski definition) is 5. The van der Waals surface area contributed by atoms with Gasteiger partial charge in [0.15, 0.2) is 5.16 Å². The molecule has 1 atom stereocenters. The number of hydrogen-bond donors (Lipinski definition) is 1. The number of rotatable bonds is 6. The summed E-state index contributed by atoms with van der Waals surface area (Å²) in [6.07, 6.45) is 3.17. The Kier molecular flexibility index (Phi) is 6.15. The van der Waals surface area contributed by atoms with E-state index < -0.39 is 11.9 Å². The highest BCUT2D eigenvalue weighted by Gasteiger charge is 2.30. The molecular weight excluding hydrogens is 364 g/mol. The topological polar surface area (TPSA) is 98.3 Å². The summed E-state index contributed by atoms with van der Waals surface area (Å²) in [6, 6.07) is 6.69. The van der Waals surface area contributed by atoms with Crippen LogP contribution in [0.2, 0.25) is 0 Å². The molecule has 1 aliphatic rings. The van der Waals surface area contributed by atoms with Gasteiger partial charge in [-0.25, -0.2) is 4.98 Å². The second-order valence-electron chi connectivity index (χ2n) is 6.66. The van der Waals surface area contributed by atoms with E-state index >= 15 is 0 Å². The molecule has 3 rings (SSSR count). The van der Waals surface area contributed by atoms with E-state index in [9.17, 15) is 14.4 Å². The fourth-order valence-electron chi connectivity index (χ4n) is 3.41. The molecular formula is C19H24N4O3S. The zero-order chi connectivity index (χ0) is 19.4. The highest BCUT2D eigenvalue weighted by atomic mass is 32.2. The predicted octanol–water partition coefficient (Wildman–Crippen LogP) is 1.76. The van der Waals surface area contributed by atoms with Crippen LogP contribution < -0.4 is 11.3 Å². The largest absolute Gasteiger partial charge is 0.368 e. The molecule has 0 spiro atoms. The van der Waals surface area contributed by atoms with Gasteiger partial charge < -0.3 is 10.6 Å². The molecule has 27 heavy (non-hydrogen) atoms. The first-order chi connectivity index (χ1) is 13.0. The number of benzene rings is 1. The Labute approximate surface area is 161 Å². The number of carbonyl (C=O) groups is 2. The lowest BCUT2D eigenvalue weighted by atomic mass is 10.0. The lowest BCUT2D eigenvalue weighted by Gasteiger charge is -2.33. The van der Waals surface area contributed by atoms with Crippen LogP contribution in [0.25, 0.3) is 10.9 Å². The van der Waals surface area contributed by atoms with Crippen LogP contribution in [-0.2, 0) is 16.1 Å². The van der Waals surface area contributed by atoms with Crippen molar-refractivity contribution in [2.75, 3.05) is 12.3 Å². The molecule has 0 radical (unpaired) electrons. The van der Waals surface area contributed by atoms with Crippen LogP contribution in [0.3, 0.4) is 0 Å². The van der Waals surface area contributed by atoms with Gasteiger partial charge in [-0.2, -0.15) is 0 Å². The normalized spacial score (nSPS) is 17.2. The summed E-state index contributed by atoms with van der Waals surface area (Å²) >= 11 is 1.24. The number of aromatic nitrogens is 2. The summed E-state index contributed by atoms with van der Waals surface area (Å²) in [7, 11) is 0. The van der Waals surface area contributed by atoms with Crippen molar-refractivity contribution in [2.45, 2.75) is 50.4 Å². The third kappa shape index (κ3) is 4.16. The molecule has 2 amide bonds. The maximum Gasteiger partial charge on any atom is 0.262 e. The summed E-state index contributed by atoms with van der Waals surface area (Å²) in [5.41, 5.74) is 5.98. The second kappa shape index (κ2) is 8.56. The maximum atomic E-state index is 12.8. The Hall–Kier alpha value is -2.35. The van der Waals surface area contributed by atoms with E-state index in [1.807, 2.05) is 19.1 Å². The van der Waals surface area contributed by atoms with Crippen molar-refractivity contribution < 1.29 is 9.59 Å². The molecule has 1 aromatic heterocycles. The highest BCUT2D eigenvalue weighted by molar-refractivity contribution is 7.99. The average Bonchev–Trinajstić information content (AvgIpc) is 2.68. The van der Waals surface area contributed by atoms with Gasteiger partial charge in [-0.1, -0.05) is 30.8 Å². The first-order valence-corrected chi connectivity index (χ1v) is 10.2. The maximum absolute atomic E-state index is 12.8. The molecule has 0 aliphatic carbocycles. The Morgan fingerprint density at radius 1 is 1.30 bits per heavy atom. The number of primary amides is 1. The number of para-hydroxylation sites is 1. The van der Waals surface area contributed by atoms with Crippen LogP contribution in [0.1, 0.15) is 32.6 Å². The molecule has 1 aromatic carbocycles. The Bertz CT molecular complexity index is 911. The van der Waals surface area contributed by atoms with Gasteiger partial charge in [0.1, 0.15) is 6.04 Å². The number of nitrogens with zero attached hydrogens (tertiary/aromatic N) is 3. The van der Waals surface area contributed by atoms with Gasteiger partial charge in [-0.05, 0) is 37.8 Å². The van der Waals surface area contributed by atoms with Gasteiger partial charge in [-0.3, -0.25) is 19.0 Å². The first-order valence-electron chi connectivity index (χ1n) is 9.24. The fraction of sp³-hybridized carbons (Fsp3) is 0.474. The van der Waals surface area contributed by atoms with Crippen molar-refractivity contribution in [3.63, 3.8) is 0 Å². The number of amides is 2. The lowest BCUT2D eigenvalue weighted by molar-refractivity contribution is -0.138. The molecule has 1 saturated heterocycles. The highest BCUT2D eigenvalue weighted by Crippen LogP contribution is 2.22. The van der Waals surface area contributed by atoms with Gasteiger partial charge in [0.05, 0.1) is 16.7 Å². The van der Waals surface area contributed by atoms with Crippen molar-refractivity contribution in [2.24, 2.45) is 5.73 Å². The minimum absolute atomic E-state index is 0.0922. The summed E-state index contributed by atoms with van der Waals surface area (Å²) in [5, 5.41) is 1.10. The molecule has 8 heteroatoms. The number of likely N-dealkylation sites (tertiary alicyclic amines) is 1.